The molecular formula is C14H14N2O3. The molecule has 2 aromatic rings. The Hall–Kier alpha value is -2.30. The minimum absolute atomic E-state index is 0.540. The van der Waals surface area contributed by atoms with Crippen LogP contribution in [-0.4, -0.2) is 29.1 Å². The standard InChI is InChI=1S/C14H14N2O3/c1-9-5-12-13(19-4-3-18-12)6-10(9)14-11(7-17)16(2)8-15-14/h5-8H,3-4H2,1-2H3. The lowest BCUT2D eigenvalue weighted by molar-refractivity contribution is 0.111. The smallest absolute Gasteiger partial charge is 0.168 e. The van der Waals surface area contributed by atoms with Crippen LogP contribution in [0, 0.1) is 6.92 Å². The lowest BCUT2D eigenvalue weighted by atomic mass is 10.0. The summed E-state index contributed by atoms with van der Waals surface area (Å²) in [4.78, 5) is 15.5. The molecule has 0 fully saturated rings. The van der Waals surface area contributed by atoms with Gasteiger partial charge in [0, 0.05) is 12.6 Å². The van der Waals surface area contributed by atoms with E-state index in [0.29, 0.717) is 30.4 Å². The zero-order valence-corrected chi connectivity index (χ0v) is 10.8. The van der Waals surface area contributed by atoms with Crippen molar-refractivity contribution in [3.05, 3.63) is 29.7 Å². The maximum absolute atomic E-state index is 11.2. The van der Waals surface area contributed by atoms with Crippen LogP contribution in [0.5, 0.6) is 11.5 Å². The van der Waals surface area contributed by atoms with Gasteiger partial charge >= 0.3 is 0 Å². The summed E-state index contributed by atoms with van der Waals surface area (Å²) in [5.74, 6) is 1.45. The molecule has 98 valence electrons. The summed E-state index contributed by atoms with van der Waals surface area (Å²) in [5, 5.41) is 0. The molecule has 0 saturated heterocycles. The number of carbonyl (C=O) groups is 1. The lowest BCUT2D eigenvalue weighted by Crippen LogP contribution is -2.15. The zero-order chi connectivity index (χ0) is 13.4. The Kier molecular flexibility index (Phi) is 2.74. The first-order chi connectivity index (χ1) is 9.20. The lowest BCUT2D eigenvalue weighted by Gasteiger charge is -2.20. The number of imidazole rings is 1. The van der Waals surface area contributed by atoms with Crippen LogP contribution in [0.2, 0.25) is 0 Å². The molecule has 0 atom stereocenters. The molecule has 0 N–H and O–H groups in total. The van der Waals surface area contributed by atoms with E-state index in [1.807, 2.05) is 19.1 Å². The molecule has 1 aliphatic rings. The molecule has 0 saturated carbocycles. The third kappa shape index (κ3) is 1.87. The van der Waals surface area contributed by atoms with Crippen molar-refractivity contribution in [2.75, 3.05) is 13.2 Å². The average Bonchev–Trinajstić information content (AvgIpc) is 2.78. The van der Waals surface area contributed by atoms with Gasteiger partial charge in [-0.1, -0.05) is 0 Å². The van der Waals surface area contributed by atoms with Gasteiger partial charge in [-0.2, -0.15) is 0 Å². The van der Waals surface area contributed by atoms with E-state index >= 15 is 0 Å². The second-order valence-corrected chi connectivity index (χ2v) is 4.52. The Morgan fingerprint density at radius 1 is 1.26 bits per heavy atom. The monoisotopic (exact) mass is 258 g/mol. The summed E-state index contributed by atoms with van der Waals surface area (Å²) in [6.07, 6.45) is 2.45. The highest BCUT2D eigenvalue weighted by atomic mass is 16.6. The highest BCUT2D eigenvalue weighted by Gasteiger charge is 2.18. The topological polar surface area (TPSA) is 53.4 Å². The molecule has 3 rings (SSSR count). The molecule has 5 nitrogen and oxygen atoms in total. The van der Waals surface area contributed by atoms with E-state index in [2.05, 4.69) is 4.98 Å². The number of aromatic nitrogens is 2. The van der Waals surface area contributed by atoms with E-state index < -0.39 is 0 Å². The molecule has 0 aliphatic carbocycles. The molecule has 0 unspecified atom stereocenters. The predicted octanol–water partition coefficient (Wildman–Crippen LogP) is 1.98. The molecule has 2 heterocycles. The molecule has 1 aliphatic heterocycles. The van der Waals surface area contributed by atoms with Gasteiger partial charge in [-0.25, -0.2) is 4.98 Å². The molecule has 0 radical (unpaired) electrons. The number of rotatable bonds is 2. The van der Waals surface area contributed by atoms with Crippen LogP contribution in [0.3, 0.4) is 0 Å². The molecule has 0 amide bonds. The predicted molar refractivity (Wildman–Crippen MR) is 69.8 cm³/mol. The van der Waals surface area contributed by atoms with Gasteiger partial charge in [0.1, 0.15) is 18.9 Å². The van der Waals surface area contributed by atoms with Crippen LogP contribution in [0.1, 0.15) is 16.1 Å². The van der Waals surface area contributed by atoms with Gasteiger partial charge in [0.05, 0.1) is 12.0 Å². The third-order valence-corrected chi connectivity index (χ3v) is 3.24. The number of hydrogen-bond donors (Lipinski definition) is 0. The second kappa shape index (κ2) is 4.42. The van der Waals surface area contributed by atoms with Crippen molar-refractivity contribution < 1.29 is 14.3 Å². The number of ether oxygens (including phenoxy) is 2. The Morgan fingerprint density at radius 2 is 1.95 bits per heavy atom. The van der Waals surface area contributed by atoms with Crippen LogP contribution in [0.25, 0.3) is 11.3 Å². The normalized spacial score (nSPS) is 13.4. The molecule has 1 aromatic heterocycles. The molecule has 5 heteroatoms. The molecule has 19 heavy (non-hydrogen) atoms. The first-order valence-electron chi connectivity index (χ1n) is 6.08. The molecule has 1 aromatic carbocycles. The van der Waals surface area contributed by atoms with Crippen molar-refractivity contribution >= 4 is 6.29 Å². The Morgan fingerprint density at radius 3 is 2.63 bits per heavy atom. The molecular weight excluding hydrogens is 244 g/mol. The highest BCUT2D eigenvalue weighted by molar-refractivity contribution is 5.85. The maximum Gasteiger partial charge on any atom is 0.168 e. The fraction of sp³-hybridized carbons (Fsp3) is 0.286. The van der Waals surface area contributed by atoms with E-state index in [-0.39, 0.29) is 0 Å². The van der Waals surface area contributed by atoms with Crippen LogP contribution in [0.4, 0.5) is 0 Å². The quantitative estimate of drug-likeness (QED) is 0.773. The van der Waals surface area contributed by atoms with Crippen molar-refractivity contribution in [2.45, 2.75) is 6.92 Å². The minimum Gasteiger partial charge on any atom is -0.486 e. The number of benzene rings is 1. The van der Waals surface area contributed by atoms with Crippen molar-refractivity contribution in [3.8, 4) is 22.8 Å². The fourth-order valence-electron chi connectivity index (χ4n) is 2.23. The SMILES string of the molecule is Cc1cc2c(cc1-c1ncn(C)c1C=O)OCCO2. The van der Waals surface area contributed by atoms with Gasteiger partial charge in [-0.3, -0.25) is 4.79 Å². The minimum atomic E-state index is 0.540. The van der Waals surface area contributed by atoms with Crippen molar-refractivity contribution in [3.63, 3.8) is 0 Å². The van der Waals surface area contributed by atoms with Gasteiger partial charge in [-0.15, -0.1) is 0 Å². The maximum atomic E-state index is 11.2. The van der Waals surface area contributed by atoms with Crippen LogP contribution in [-0.2, 0) is 7.05 Å². The number of aldehydes is 1. The number of aryl methyl sites for hydroxylation is 2. The van der Waals surface area contributed by atoms with Gasteiger partial charge in [-0.05, 0) is 24.6 Å². The highest BCUT2D eigenvalue weighted by Crippen LogP contribution is 2.37. The summed E-state index contributed by atoms with van der Waals surface area (Å²) in [5.41, 5.74) is 3.13. The van der Waals surface area contributed by atoms with E-state index in [4.69, 9.17) is 9.47 Å². The first-order valence-corrected chi connectivity index (χ1v) is 6.08. The van der Waals surface area contributed by atoms with E-state index in [1.165, 1.54) is 0 Å². The number of carbonyl (C=O) groups excluding carboxylic acids is 1. The second-order valence-electron chi connectivity index (χ2n) is 4.52. The van der Waals surface area contributed by atoms with Gasteiger partial charge in [0.2, 0.25) is 0 Å². The van der Waals surface area contributed by atoms with Gasteiger partial charge in [0.25, 0.3) is 0 Å². The molecule has 0 spiro atoms. The fourth-order valence-corrected chi connectivity index (χ4v) is 2.23. The van der Waals surface area contributed by atoms with Crippen LogP contribution >= 0.6 is 0 Å². The summed E-state index contributed by atoms with van der Waals surface area (Å²) in [7, 11) is 1.80. The summed E-state index contributed by atoms with van der Waals surface area (Å²) >= 11 is 0. The zero-order valence-electron chi connectivity index (χ0n) is 10.8. The van der Waals surface area contributed by atoms with E-state index in [1.54, 1.807) is 17.9 Å². The van der Waals surface area contributed by atoms with Gasteiger partial charge in [0.15, 0.2) is 17.8 Å². The van der Waals surface area contributed by atoms with Crippen molar-refractivity contribution in [2.24, 2.45) is 7.05 Å². The Labute approximate surface area is 110 Å². The van der Waals surface area contributed by atoms with Crippen LogP contribution < -0.4 is 9.47 Å². The van der Waals surface area contributed by atoms with Crippen molar-refractivity contribution in [1.29, 1.82) is 0 Å². The summed E-state index contributed by atoms with van der Waals surface area (Å²) in [6.45, 7) is 3.07. The van der Waals surface area contributed by atoms with Crippen LogP contribution in [0.15, 0.2) is 18.5 Å². The average molecular weight is 258 g/mol. The first kappa shape index (κ1) is 11.8. The molecule has 0 bridgehead atoms. The number of nitrogens with zero attached hydrogens (tertiary/aromatic N) is 2. The Balaban J connectivity index is 2.17. The third-order valence-electron chi connectivity index (χ3n) is 3.24. The van der Waals surface area contributed by atoms with Gasteiger partial charge < -0.3 is 14.0 Å². The van der Waals surface area contributed by atoms with Crippen molar-refractivity contribution in [1.82, 2.24) is 9.55 Å². The number of hydrogen-bond acceptors (Lipinski definition) is 4. The Bertz CT molecular complexity index is 646. The summed E-state index contributed by atoms with van der Waals surface area (Å²) < 4.78 is 12.8. The summed E-state index contributed by atoms with van der Waals surface area (Å²) in [6, 6.07) is 3.81. The van der Waals surface area contributed by atoms with E-state index in [0.717, 1.165) is 23.2 Å². The van der Waals surface area contributed by atoms with E-state index in [9.17, 15) is 4.79 Å². The number of fused-ring (bicyclic) bond motifs is 1. The largest absolute Gasteiger partial charge is 0.486 e.